The van der Waals surface area contributed by atoms with Crippen LogP contribution in [0.3, 0.4) is 0 Å². The number of rotatable bonds is 2. The molecule has 3 rings (SSSR count). The smallest absolute Gasteiger partial charge is 0.361 e. The molecule has 0 saturated carbocycles. The van der Waals surface area contributed by atoms with E-state index in [1.54, 1.807) is 19.2 Å². The Hall–Kier alpha value is -2.83. The number of halogens is 1. The zero-order chi connectivity index (χ0) is 17.5. The maximum Gasteiger partial charge on any atom is 0.367 e. The molecule has 2 aromatic rings. The summed E-state index contributed by atoms with van der Waals surface area (Å²) >= 11 is 0. The van der Waals surface area contributed by atoms with Crippen LogP contribution in [0, 0.1) is 12.7 Å². The molecule has 0 atom stereocenters. The van der Waals surface area contributed by atoms with E-state index in [0.717, 1.165) is 5.56 Å². The first-order valence-electron chi connectivity index (χ1n) is 7.01. The van der Waals surface area contributed by atoms with Crippen molar-refractivity contribution in [3.05, 3.63) is 64.9 Å². The SMILES string of the molecule is Cc1ccc(S(=O)(=O)/N=C2/C(=[N+]=[N-])c3cc(F)ccc3N2C)cc1. The number of benzene rings is 2. The summed E-state index contributed by atoms with van der Waals surface area (Å²) in [5.41, 5.74) is 10.9. The third-order valence-corrected chi connectivity index (χ3v) is 5.01. The highest BCUT2D eigenvalue weighted by atomic mass is 32.2. The fourth-order valence-electron chi connectivity index (χ4n) is 2.46. The molecule has 1 heterocycles. The fourth-order valence-corrected chi connectivity index (χ4v) is 3.49. The molecular weight excluding hydrogens is 331 g/mol. The van der Waals surface area contributed by atoms with Crippen molar-refractivity contribution < 1.29 is 17.6 Å². The van der Waals surface area contributed by atoms with Crippen molar-refractivity contribution in [2.24, 2.45) is 4.40 Å². The lowest BCUT2D eigenvalue weighted by atomic mass is 10.1. The van der Waals surface area contributed by atoms with Gasteiger partial charge in [-0.15, -0.1) is 4.40 Å². The second-order valence-corrected chi connectivity index (χ2v) is 6.98. The van der Waals surface area contributed by atoms with Gasteiger partial charge in [-0.25, -0.2) is 4.39 Å². The first-order chi connectivity index (χ1) is 11.3. The first-order valence-corrected chi connectivity index (χ1v) is 8.45. The standard InChI is InChI=1S/C16H13FN4O2S/c1-10-3-6-12(7-4-10)24(22,23)20-16-15(19-18)13-9-11(17)5-8-14(13)21(16)2/h3-9H,1-2H3/b20-16-. The predicted octanol–water partition coefficient (Wildman–Crippen LogP) is 2.39. The Balaban J connectivity index is 2.14. The van der Waals surface area contributed by atoms with Gasteiger partial charge in [-0.2, -0.15) is 13.2 Å². The average Bonchev–Trinajstić information content (AvgIpc) is 2.78. The van der Waals surface area contributed by atoms with Gasteiger partial charge in [0.05, 0.1) is 16.1 Å². The second-order valence-electron chi connectivity index (χ2n) is 5.37. The molecule has 24 heavy (non-hydrogen) atoms. The van der Waals surface area contributed by atoms with Gasteiger partial charge in [-0.3, -0.25) is 0 Å². The van der Waals surface area contributed by atoms with Crippen LogP contribution in [-0.2, 0) is 10.0 Å². The van der Waals surface area contributed by atoms with Crippen LogP contribution in [0.1, 0.15) is 11.1 Å². The number of fused-ring (bicyclic) bond motifs is 1. The van der Waals surface area contributed by atoms with E-state index in [9.17, 15) is 18.3 Å². The molecular formula is C16H13FN4O2S. The summed E-state index contributed by atoms with van der Waals surface area (Å²) in [6.07, 6.45) is 0. The fraction of sp³-hybridized carbons (Fsp3) is 0.125. The van der Waals surface area contributed by atoms with Gasteiger partial charge >= 0.3 is 5.71 Å². The summed E-state index contributed by atoms with van der Waals surface area (Å²) in [6, 6.07) is 10.1. The summed E-state index contributed by atoms with van der Waals surface area (Å²) in [6.45, 7) is 1.84. The Kier molecular flexibility index (Phi) is 3.79. The molecule has 0 saturated heterocycles. The normalized spacial score (nSPS) is 15.5. The number of aryl methyl sites for hydroxylation is 1. The van der Waals surface area contributed by atoms with Crippen molar-refractivity contribution in [3.63, 3.8) is 0 Å². The molecule has 0 spiro atoms. The highest BCUT2D eigenvalue weighted by molar-refractivity contribution is 7.90. The van der Waals surface area contributed by atoms with E-state index < -0.39 is 15.8 Å². The molecule has 122 valence electrons. The monoisotopic (exact) mass is 344 g/mol. The molecule has 0 radical (unpaired) electrons. The quantitative estimate of drug-likeness (QED) is 0.619. The zero-order valence-electron chi connectivity index (χ0n) is 12.9. The van der Waals surface area contributed by atoms with Crippen molar-refractivity contribution in [1.82, 2.24) is 0 Å². The minimum Gasteiger partial charge on any atom is -0.361 e. The minimum absolute atomic E-state index is 0.0217. The van der Waals surface area contributed by atoms with Crippen molar-refractivity contribution >= 4 is 27.3 Å². The Morgan fingerprint density at radius 2 is 1.83 bits per heavy atom. The summed E-state index contributed by atoms with van der Waals surface area (Å²) in [4.78, 5) is 4.57. The molecule has 1 aliphatic rings. The molecule has 0 bridgehead atoms. The Morgan fingerprint density at radius 1 is 1.17 bits per heavy atom. The molecule has 1 aliphatic heterocycles. The molecule has 0 fully saturated rings. The number of hydrogen-bond donors (Lipinski definition) is 0. The molecule has 0 aliphatic carbocycles. The molecule has 0 N–H and O–H groups in total. The van der Waals surface area contributed by atoms with Gasteiger partial charge < -0.3 is 10.4 Å². The molecule has 0 amide bonds. The van der Waals surface area contributed by atoms with E-state index in [1.165, 1.54) is 35.2 Å². The van der Waals surface area contributed by atoms with E-state index >= 15 is 0 Å². The van der Waals surface area contributed by atoms with Crippen LogP contribution in [0.25, 0.3) is 5.53 Å². The topological polar surface area (TPSA) is 86.1 Å². The third kappa shape index (κ3) is 2.62. The van der Waals surface area contributed by atoms with Gasteiger partial charge in [-0.05, 0) is 37.3 Å². The van der Waals surface area contributed by atoms with Crippen LogP contribution in [0.2, 0.25) is 0 Å². The van der Waals surface area contributed by atoms with Gasteiger partial charge in [0.1, 0.15) is 5.82 Å². The van der Waals surface area contributed by atoms with Crippen molar-refractivity contribution in [3.8, 4) is 0 Å². The minimum atomic E-state index is -4.00. The van der Waals surface area contributed by atoms with Crippen molar-refractivity contribution in [2.45, 2.75) is 11.8 Å². The molecule has 0 unspecified atom stereocenters. The predicted molar refractivity (Wildman–Crippen MR) is 88.3 cm³/mol. The lowest BCUT2D eigenvalue weighted by Gasteiger charge is -2.10. The van der Waals surface area contributed by atoms with Gasteiger partial charge in [0.25, 0.3) is 10.0 Å². The Bertz CT molecular complexity index is 1010. The van der Waals surface area contributed by atoms with Crippen LogP contribution in [0.5, 0.6) is 0 Å². The van der Waals surface area contributed by atoms with Gasteiger partial charge in [0.2, 0.25) is 5.84 Å². The van der Waals surface area contributed by atoms with E-state index in [0.29, 0.717) is 5.69 Å². The van der Waals surface area contributed by atoms with Crippen LogP contribution >= 0.6 is 0 Å². The lowest BCUT2D eigenvalue weighted by molar-refractivity contribution is -0.000223. The lowest BCUT2D eigenvalue weighted by Crippen LogP contribution is -2.28. The molecule has 2 aromatic carbocycles. The van der Waals surface area contributed by atoms with E-state index in [1.807, 2.05) is 6.92 Å². The number of anilines is 1. The summed E-state index contributed by atoms with van der Waals surface area (Å²) < 4.78 is 42.2. The zero-order valence-corrected chi connectivity index (χ0v) is 13.7. The Morgan fingerprint density at radius 3 is 2.46 bits per heavy atom. The number of amidine groups is 1. The number of sulfonamides is 1. The first kappa shape index (κ1) is 16.0. The molecule has 0 aromatic heterocycles. The van der Waals surface area contributed by atoms with Crippen molar-refractivity contribution in [2.75, 3.05) is 11.9 Å². The summed E-state index contributed by atoms with van der Waals surface area (Å²) in [7, 11) is -2.44. The van der Waals surface area contributed by atoms with Crippen LogP contribution in [-0.4, -0.2) is 31.8 Å². The van der Waals surface area contributed by atoms with E-state index in [-0.39, 0.29) is 22.0 Å². The molecule has 8 heteroatoms. The highest BCUT2D eigenvalue weighted by Gasteiger charge is 2.38. The maximum atomic E-state index is 13.5. The van der Waals surface area contributed by atoms with Gasteiger partial charge in [0, 0.05) is 7.05 Å². The van der Waals surface area contributed by atoms with E-state index in [2.05, 4.69) is 9.19 Å². The largest absolute Gasteiger partial charge is 0.367 e. The summed E-state index contributed by atoms with van der Waals surface area (Å²) in [5.74, 6) is -0.593. The third-order valence-electron chi connectivity index (χ3n) is 3.73. The van der Waals surface area contributed by atoms with Crippen LogP contribution in [0.4, 0.5) is 10.1 Å². The average molecular weight is 344 g/mol. The highest BCUT2D eigenvalue weighted by Crippen LogP contribution is 2.29. The number of nitrogens with zero attached hydrogens (tertiary/aromatic N) is 4. The number of hydrogen-bond acceptors (Lipinski definition) is 2. The van der Waals surface area contributed by atoms with Gasteiger partial charge in [-0.1, -0.05) is 17.7 Å². The van der Waals surface area contributed by atoms with Gasteiger partial charge in [0.15, 0.2) is 0 Å². The van der Waals surface area contributed by atoms with Crippen LogP contribution in [0.15, 0.2) is 51.8 Å². The van der Waals surface area contributed by atoms with Crippen molar-refractivity contribution in [1.29, 1.82) is 0 Å². The second kappa shape index (κ2) is 5.67. The summed E-state index contributed by atoms with van der Waals surface area (Å²) in [5, 5.41) is 0. The number of likely N-dealkylation sites (N-methyl/N-ethyl adjacent to an activating group) is 1. The Labute approximate surface area is 138 Å². The van der Waals surface area contributed by atoms with Crippen LogP contribution < -0.4 is 4.90 Å². The van der Waals surface area contributed by atoms with E-state index in [4.69, 9.17) is 0 Å². The molecule has 6 nitrogen and oxygen atoms in total. The maximum absolute atomic E-state index is 13.5.